The molecule has 1 unspecified atom stereocenters. The highest BCUT2D eigenvalue weighted by molar-refractivity contribution is 5.65. The van der Waals surface area contributed by atoms with Gasteiger partial charge < -0.3 is 0 Å². The number of halogens is 5. The van der Waals surface area contributed by atoms with Crippen LogP contribution in [-0.4, -0.2) is 0 Å². The number of rotatable bonds is 1. The van der Waals surface area contributed by atoms with E-state index in [2.05, 4.69) is 0 Å². The Morgan fingerprint density at radius 3 is 2.52 bits per heavy atom. The molecule has 6 heteroatoms. The SMILES string of the molecule is CCC1(C)Cc2cc(F)c(C(F)(F)F)c(F)c2-c2cccc[n+]21. The maximum atomic E-state index is 14.6. The van der Waals surface area contributed by atoms with Gasteiger partial charge in [0.05, 0.1) is 5.56 Å². The second-order valence-corrected chi connectivity index (χ2v) is 6.06. The summed E-state index contributed by atoms with van der Waals surface area (Å²) in [6.07, 6.45) is -2.41. The monoisotopic (exact) mass is 328 g/mol. The van der Waals surface area contributed by atoms with Crippen LogP contribution in [0, 0.1) is 11.6 Å². The zero-order valence-corrected chi connectivity index (χ0v) is 12.6. The molecule has 0 amide bonds. The molecule has 0 fully saturated rings. The van der Waals surface area contributed by atoms with Crippen LogP contribution in [0.5, 0.6) is 0 Å². The van der Waals surface area contributed by atoms with Gasteiger partial charge in [-0.1, -0.05) is 6.92 Å². The van der Waals surface area contributed by atoms with Crippen molar-refractivity contribution in [2.24, 2.45) is 0 Å². The first-order valence-electron chi connectivity index (χ1n) is 7.28. The summed E-state index contributed by atoms with van der Waals surface area (Å²) in [5.74, 6) is -3.10. The molecule has 0 spiro atoms. The third-order valence-electron chi connectivity index (χ3n) is 4.61. The van der Waals surface area contributed by atoms with Gasteiger partial charge in [0.25, 0.3) is 0 Å². The molecule has 23 heavy (non-hydrogen) atoms. The molecule has 0 saturated heterocycles. The van der Waals surface area contributed by atoms with Crippen LogP contribution < -0.4 is 4.57 Å². The molecule has 1 aliphatic rings. The standard InChI is InChI=1S/C17H15F5N/c1-3-16(2)9-10-8-11(18)14(17(20,21)22)15(19)13(10)12-6-4-5-7-23(12)16/h4-8H,3,9H2,1-2H3/q+1. The molecule has 0 bridgehead atoms. The number of aromatic nitrogens is 1. The number of fused-ring (bicyclic) bond motifs is 3. The molecule has 0 aliphatic carbocycles. The van der Waals surface area contributed by atoms with Crippen LogP contribution in [0.1, 0.15) is 31.4 Å². The number of hydrogen-bond acceptors (Lipinski definition) is 0. The summed E-state index contributed by atoms with van der Waals surface area (Å²) in [7, 11) is 0. The molecule has 122 valence electrons. The van der Waals surface area contributed by atoms with E-state index in [-0.39, 0.29) is 17.5 Å². The Morgan fingerprint density at radius 2 is 1.91 bits per heavy atom. The molecule has 0 saturated carbocycles. The summed E-state index contributed by atoms with van der Waals surface area (Å²) < 4.78 is 69.2. The Hall–Kier alpha value is -1.98. The lowest BCUT2D eigenvalue weighted by Gasteiger charge is -2.31. The fourth-order valence-electron chi connectivity index (χ4n) is 3.25. The second-order valence-electron chi connectivity index (χ2n) is 6.06. The van der Waals surface area contributed by atoms with Crippen molar-refractivity contribution in [2.45, 2.75) is 38.4 Å². The van der Waals surface area contributed by atoms with Crippen molar-refractivity contribution < 1.29 is 26.5 Å². The molecule has 3 rings (SSSR count). The quantitative estimate of drug-likeness (QED) is 0.531. The largest absolute Gasteiger partial charge is 0.422 e. The first kappa shape index (κ1) is 15.9. The fraction of sp³-hybridized carbons (Fsp3) is 0.353. The van der Waals surface area contributed by atoms with Crippen LogP contribution in [0.4, 0.5) is 22.0 Å². The highest BCUT2D eigenvalue weighted by atomic mass is 19.4. The highest BCUT2D eigenvalue weighted by Crippen LogP contribution is 2.42. The zero-order chi connectivity index (χ0) is 17.0. The summed E-state index contributed by atoms with van der Waals surface area (Å²) in [5.41, 5.74) is -1.83. The molecule has 1 nitrogen and oxygen atoms in total. The lowest BCUT2D eigenvalue weighted by Crippen LogP contribution is -2.58. The predicted octanol–water partition coefficient (Wildman–Crippen LogP) is 4.62. The Labute approximate surface area is 130 Å². The van der Waals surface area contributed by atoms with Gasteiger partial charge in [-0.2, -0.15) is 17.7 Å². The van der Waals surface area contributed by atoms with E-state index in [0.29, 0.717) is 12.1 Å². The smallest absolute Gasteiger partial charge is 0.206 e. The molecule has 1 aliphatic heterocycles. The average Bonchev–Trinajstić information content (AvgIpc) is 2.45. The molecule has 2 aromatic rings. The van der Waals surface area contributed by atoms with Crippen LogP contribution in [0.3, 0.4) is 0 Å². The average molecular weight is 328 g/mol. The molecular weight excluding hydrogens is 313 g/mol. The normalized spacial score (nSPS) is 20.1. The van der Waals surface area contributed by atoms with E-state index in [1.54, 1.807) is 29.0 Å². The number of hydrogen-bond donors (Lipinski definition) is 0. The van der Waals surface area contributed by atoms with Crippen LogP contribution in [0.15, 0.2) is 30.5 Å². The van der Waals surface area contributed by atoms with Crippen molar-refractivity contribution >= 4 is 0 Å². The van der Waals surface area contributed by atoms with Crippen molar-refractivity contribution in [2.75, 3.05) is 0 Å². The van der Waals surface area contributed by atoms with Gasteiger partial charge in [0.15, 0.2) is 17.6 Å². The van der Waals surface area contributed by atoms with E-state index >= 15 is 0 Å². The zero-order valence-electron chi connectivity index (χ0n) is 12.6. The van der Waals surface area contributed by atoms with E-state index < -0.39 is 28.9 Å². The lowest BCUT2D eigenvalue weighted by molar-refractivity contribution is -0.754. The minimum atomic E-state index is -5.08. The van der Waals surface area contributed by atoms with Crippen LogP contribution in [-0.2, 0) is 18.1 Å². The minimum absolute atomic E-state index is 0.162. The van der Waals surface area contributed by atoms with Crippen molar-refractivity contribution in [3.63, 3.8) is 0 Å². The fourth-order valence-corrected chi connectivity index (χ4v) is 3.25. The molecule has 2 heterocycles. The number of pyridine rings is 1. The van der Waals surface area contributed by atoms with Gasteiger partial charge in [0.2, 0.25) is 5.69 Å². The van der Waals surface area contributed by atoms with Gasteiger partial charge in [-0.15, -0.1) is 0 Å². The molecule has 0 radical (unpaired) electrons. The number of nitrogens with zero attached hydrogens (tertiary/aromatic N) is 1. The summed E-state index contributed by atoms with van der Waals surface area (Å²) in [4.78, 5) is 0. The van der Waals surface area contributed by atoms with E-state index in [4.69, 9.17) is 0 Å². The Bertz CT molecular complexity index is 781. The predicted molar refractivity (Wildman–Crippen MR) is 74.6 cm³/mol. The molecule has 1 aromatic carbocycles. The lowest BCUT2D eigenvalue weighted by atomic mass is 9.81. The Balaban J connectivity index is 2.37. The summed E-state index contributed by atoms with van der Waals surface area (Å²) in [6.45, 7) is 3.86. The Kier molecular flexibility index (Phi) is 3.46. The summed E-state index contributed by atoms with van der Waals surface area (Å²) in [5, 5.41) is 0. The van der Waals surface area contributed by atoms with Gasteiger partial charge in [-0.05, 0) is 17.7 Å². The number of benzene rings is 1. The van der Waals surface area contributed by atoms with Crippen LogP contribution >= 0.6 is 0 Å². The van der Waals surface area contributed by atoms with Crippen molar-refractivity contribution in [3.8, 4) is 11.3 Å². The van der Waals surface area contributed by atoms with Crippen molar-refractivity contribution in [1.82, 2.24) is 0 Å². The van der Waals surface area contributed by atoms with E-state index in [0.717, 1.165) is 6.07 Å². The molecule has 0 N–H and O–H groups in total. The van der Waals surface area contributed by atoms with Crippen LogP contribution in [0.25, 0.3) is 11.3 Å². The molecule has 1 aromatic heterocycles. The van der Waals surface area contributed by atoms with Gasteiger partial charge in [0.1, 0.15) is 11.4 Å². The van der Waals surface area contributed by atoms with E-state index in [1.807, 2.05) is 13.8 Å². The van der Waals surface area contributed by atoms with Gasteiger partial charge >= 0.3 is 6.18 Å². The first-order valence-corrected chi connectivity index (χ1v) is 7.28. The van der Waals surface area contributed by atoms with Crippen molar-refractivity contribution in [3.05, 3.63) is 53.2 Å². The van der Waals surface area contributed by atoms with Crippen LogP contribution in [0.2, 0.25) is 0 Å². The van der Waals surface area contributed by atoms with Gasteiger partial charge in [0, 0.05) is 31.9 Å². The maximum absolute atomic E-state index is 14.6. The summed E-state index contributed by atoms with van der Waals surface area (Å²) >= 11 is 0. The second kappa shape index (κ2) is 5.01. The van der Waals surface area contributed by atoms with E-state index in [9.17, 15) is 22.0 Å². The van der Waals surface area contributed by atoms with Gasteiger partial charge in [-0.25, -0.2) is 8.78 Å². The topological polar surface area (TPSA) is 3.88 Å². The third kappa shape index (κ3) is 2.31. The van der Waals surface area contributed by atoms with Crippen molar-refractivity contribution in [1.29, 1.82) is 0 Å². The highest BCUT2D eigenvalue weighted by Gasteiger charge is 2.46. The maximum Gasteiger partial charge on any atom is 0.422 e. The number of alkyl halides is 3. The Morgan fingerprint density at radius 1 is 1.22 bits per heavy atom. The third-order valence-corrected chi connectivity index (χ3v) is 4.61. The summed E-state index contributed by atoms with van der Waals surface area (Å²) in [6, 6.07) is 5.76. The van der Waals surface area contributed by atoms with E-state index in [1.165, 1.54) is 0 Å². The minimum Gasteiger partial charge on any atom is -0.206 e. The molecular formula is C17H15F5N+. The first-order chi connectivity index (χ1) is 10.7. The molecule has 1 atom stereocenters. The van der Waals surface area contributed by atoms with Gasteiger partial charge in [-0.3, -0.25) is 0 Å².